The molecule has 0 amide bonds. The third kappa shape index (κ3) is 2.78. The molecule has 17 heavy (non-hydrogen) atoms. The van der Waals surface area contributed by atoms with Crippen molar-refractivity contribution in [2.75, 3.05) is 5.32 Å². The van der Waals surface area contributed by atoms with Gasteiger partial charge in [-0.15, -0.1) is 0 Å². The van der Waals surface area contributed by atoms with Crippen molar-refractivity contribution in [2.24, 2.45) is 0 Å². The van der Waals surface area contributed by atoms with Crippen LogP contribution in [0.15, 0.2) is 41.5 Å². The molecule has 5 heteroatoms. The van der Waals surface area contributed by atoms with E-state index in [1.807, 2.05) is 0 Å². The van der Waals surface area contributed by atoms with Crippen LogP contribution in [-0.4, -0.2) is 15.8 Å². The number of nitrogens with zero attached hydrogens (tertiary/aromatic N) is 1. The van der Waals surface area contributed by atoms with Crippen LogP contribution >= 0.6 is 0 Å². The van der Waals surface area contributed by atoms with Crippen molar-refractivity contribution >= 4 is 17.2 Å². The molecule has 0 aliphatic rings. The lowest BCUT2D eigenvalue weighted by molar-refractivity contribution is 0.101. The average molecular weight is 229 g/mol. The normalized spacial score (nSPS) is 9.94. The Morgan fingerprint density at radius 2 is 1.94 bits per heavy atom. The van der Waals surface area contributed by atoms with Gasteiger partial charge in [0.1, 0.15) is 0 Å². The fourth-order valence-electron chi connectivity index (χ4n) is 1.37. The Kier molecular flexibility index (Phi) is 3.00. The van der Waals surface area contributed by atoms with Gasteiger partial charge in [0.25, 0.3) is 0 Å². The molecule has 0 saturated carbocycles. The minimum Gasteiger partial charge on any atom is -0.353 e. The second kappa shape index (κ2) is 4.61. The van der Waals surface area contributed by atoms with Gasteiger partial charge in [0.15, 0.2) is 5.78 Å². The largest absolute Gasteiger partial charge is 0.353 e. The van der Waals surface area contributed by atoms with Crippen LogP contribution in [0, 0.1) is 0 Å². The summed E-state index contributed by atoms with van der Waals surface area (Å²) in [5.74, 6) is 0.0299. The second-order valence-corrected chi connectivity index (χ2v) is 3.57. The lowest BCUT2D eigenvalue weighted by Gasteiger charge is -2.05. The molecule has 5 nitrogen and oxygen atoms in total. The topological polar surface area (TPSA) is 74.8 Å². The summed E-state index contributed by atoms with van der Waals surface area (Å²) in [6, 6.07) is 7.07. The highest BCUT2D eigenvalue weighted by Gasteiger charge is 1.99. The molecule has 0 atom stereocenters. The molecule has 0 saturated heterocycles. The Hall–Kier alpha value is -2.43. The maximum Gasteiger partial charge on any atom is 0.345 e. The Balaban J connectivity index is 2.16. The summed E-state index contributed by atoms with van der Waals surface area (Å²) in [6.07, 6.45) is 2.98. The quantitative estimate of drug-likeness (QED) is 0.786. The van der Waals surface area contributed by atoms with E-state index >= 15 is 0 Å². The van der Waals surface area contributed by atoms with E-state index in [2.05, 4.69) is 15.3 Å². The first-order valence-electron chi connectivity index (χ1n) is 5.08. The van der Waals surface area contributed by atoms with Crippen molar-refractivity contribution in [1.82, 2.24) is 9.97 Å². The zero-order valence-electron chi connectivity index (χ0n) is 9.23. The van der Waals surface area contributed by atoms with Crippen molar-refractivity contribution < 1.29 is 4.79 Å². The molecular formula is C12H11N3O2. The number of ketones is 1. The van der Waals surface area contributed by atoms with E-state index in [1.165, 1.54) is 19.3 Å². The van der Waals surface area contributed by atoms with Gasteiger partial charge in [0, 0.05) is 17.4 Å². The molecule has 2 rings (SSSR count). The van der Waals surface area contributed by atoms with Crippen LogP contribution in [0.25, 0.3) is 0 Å². The molecule has 1 aromatic carbocycles. The van der Waals surface area contributed by atoms with E-state index in [9.17, 15) is 9.59 Å². The standard InChI is InChI=1S/C12H11N3O2/c1-8(16)9-2-4-10(5-3-9)15-11-6-13-12(17)14-7-11/h2-7,15H,1H3,(H,13,14,17). The molecule has 2 aromatic rings. The molecule has 0 fully saturated rings. The zero-order valence-corrected chi connectivity index (χ0v) is 9.23. The molecule has 0 radical (unpaired) electrons. The second-order valence-electron chi connectivity index (χ2n) is 3.57. The van der Waals surface area contributed by atoms with E-state index in [0.29, 0.717) is 11.3 Å². The molecule has 0 aliphatic heterocycles. The predicted molar refractivity (Wildman–Crippen MR) is 64.6 cm³/mol. The molecule has 2 N–H and O–H groups in total. The van der Waals surface area contributed by atoms with Gasteiger partial charge in [-0.1, -0.05) is 0 Å². The number of carbonyl (C=O) groups is 1. The number of anilines is 2. The smallest absolute Gasteiger partial charge is 0.345 e. The summed E-state index contributed by atoms with van der Waals surface area (Å²) in [4.78, 5) is 27.9. The summed E-state index contributed by atoms with van der Waals surface area (Å²) in [5.41, 5.74) is 1.78. The lowest BCUT2D eigenvalue weighted by atomic mass is 10.1. The first-order valence-corrected chi connectivity index (χ1v) is 5.08. The Morgan fingerprint density at radius 1 is 1.24 bits per heavy atom. The molecule has 1 heterocycles. The first-order chi connectivity index (χ1) is 8.15. The fraction of sp³-hybridized carbons (Fsp3) is 0.0833. The number of hydrogen-bond acceptors (Lipinski definition) is 4. The summed E-state index contributed by atoms with van der Waals surface area (Å²) in [6.45, 7) is 1.52. The van der Waals surface area contributed by atoms with Gasteiger partial charge in [0.2, 0.25) is 0 Å². The van der Waals surface area contributed by atoms with Crippen molar-refractivity contribution in [3.8, 4) is 0 Å². The van der Waals surface area contributed by atoms with Gasteiger partial charge in [-0.2, -0.15) is 4.98 Å². The van der Waals surface area contributed by atoms with Gasteiger partial charge < -0.3 is 10.3 Å². The number of aromatic nitrogens is 2. The number of Topliss-reactive ketones (excluding diaryl/α,β-unsaturated/α-hetero) is 1. The maximum absolute atomic E-state index is 11.1. The van der Waals surface area contributed by atoms with Gasteiger partial charge in [-0.3, -0.25) is 4.79 Å². The molecule has 1 aromatic heterocycles. The summed E-state index contributed by atoms with van der Waals surface area (Å²) >= 11 is 0. The number of carbonyl (C=O) groups excluding carboxylic acids is 1. The van der Waals surface area contributed by atoms with Crippen LogP contribution in [-0.2, 0) is 0 Å². The van der Waals surface area contributed by atoms with Crippen LogP contribution in [0.1, 0.15) is 17.3 Å². The van der Waals surface area contributed by atoms with Crippen molar-refractivity contribution in [3.63, 3.8) is 0 Å². The molecule has 86 valence electrons. The number of benzene rings is 1. The van der Waals surface area contributed by atoms with Crippen molar-refractivity contribution in [2.45, 2.75) is 6.92 Å². The SMILES string of the molecule is CC(=O)c1ccc(Nc2cnc(=O)[nH]c2)cc1. The third-order valence-corrected chi connectivity index (χ3v) is 2.25. The van der Waals surface area contributed by atoms with E-state index < -0.39 is 0 Å². The molecular weight excluding hydrogens is 218 g/mol. The first kappa shape index (κ1) is 11.1. The number of rotatable bonds is 3. The number of hydrogen-bond donors (Lipinski definition) is 2. The number of aromatic amines is 1. The molecule has 0 bridgehead atoms. The molecule has 0 aliphatic carbocycles. The molecule has 0 spiro atoms. The van der Waals surface area contributed by atoms with Crippen LogP contribution in [0.5, 0.6) is 0 Å². The predicted octanol–water partition coefficient (Wildman–Crippen LogP) is 1.72. The minimum atomic E-state index is -0.387. The average Bonchev–Trinajstić information content (AvgIpc) is 2.33. The van der Waals surface area contributed by atoms with Crippen LogP contribution < -0.4 is 11.0 Å². The van der Waals surface area contributed by atoms with E-state index in [4.69, 9.17) is 0 Å². The van der Waals surface area contributed by atoms with E-state index in [0.717, 1.165) is 5.69 Å². The van der Waals surface area contributed by atoms with Crippen LogP contribution in [0.3, 0.4) is 0 Å². The zero-order chi connectivity index (χ0) is 12.3. The van der Waals surface area contributed by atoms with Gasteiger partial charge in [-0.25, -0.2) is 4.79 Å². The van der Waals surface area contributed by atoms with Crippen molar-refractivity contribution in [1.29, 1.82) is 0 Å². The Morgan fingerprint density at radius 3 is 2.47 bits per heavy atom. The fourth-order valence-corrected chi connectivity index (χ4v) is 1.37. The maximum atomic E-state index is 11.1. The summed E-state index contributed by atoms with van der Waals surface area (Å²) in [7, 11) is 0. The molecule has 0 unspecified atom stereocenters. The van der Waals surface area contributed by atoms with E-state index in [1.54, 1.807) is 24.3 Å². The summed E-state index contributed by atoms with van der Waals surface area (Å²) < 4.78 is 0. The highest BCUT2D eigenvalue weighted by Crippen LogP contribution is 2.15. The van der Waals surface area contributed by atoms with Crippen molar-refractivity contribution in [3.05, 3.63) is 52.7 Å². The number of nitrogens with one attached hydrogen (secondary N) is 2. The van der Waals surface area contributed by atoms with Crippen LogP contribution in [0.4, 0.5) is 11.4 Å². The van der Waals surface area contributed by atoms with Gasteiger partial charge in [-0.05, 0) is 31.2 Å². The number of H-pyrrole nitrogens is 1. The highest BCUT2D eigenvalue weighted by molar-refractivity contribution is 5.94. The third-order valence-electron chi connectivity index (χ3n) is 2.25. The monoisotopic (exact) mass is 229 g/mol. The Bertz CT molecular complexity index is 567. The minimum absolute atomic E-state index is 0.0299. The van der Waals surface area contributed by atoms with Gasteiger partial charge in [0.05, 0.1) is 11.9 Å². The van der Waals surface area contributed by atoms with Crippen LogP contribution in [0.2, 0.25) is 0 Å². The Labute approximate surface area is 97.5 Å². The van der Waals surface area contributed by atoms with E-state index in [-0.39, 0.29) is 11.5 Å². The lowest BCUT2D eigenvalue weighted by Crippen LogP contribution is -2.08. The van der Waals surface area contributed by atoms with Gasteiger partial charge >= 0.3 is 5.69 Å². The summed E-state index contributed by atoms with van der Waals surface area (Å²) in [5, 5.41) is 3.05. The highest BCUT2D eigenvalue weighted by atomic mass is 16.1.